The van der Waals surface area contributed by atoms with Gasteiger partial charge in [0.05, 0.1) is 34.7 Å². The number of hydrogen-bond donors (Lipinski definition) is 1. The number of esters is 1. The predicted octanol–water partition coefficient (Wildman–Crippen LogP) is 5.08. The van der Waals surface area contributed by atoms with Crippen molar-refractivity contribution >= 4 is 46.6 Å². The third-order valence-corrected chi connectivity index (χ3v) is 11.6. The highest BCUT2D eigenvalue weighted by atomic mass is 32.2. The monoisotopic (exact) mass is 630 g/mol. The van der Waals surface area contributed by atoms with Crippen LogP contribution < -0.4 is 14.5 Å². The number of carbonyl (C=O) groups excluding carboxylic acids is 3. The maximum atomic E-state index is 13.9. The largest absolute Gasteiger partial charge is 0.482 e. The van der Waals surface area contributed by atoms with Crippen molar-refractivity contribution in [1.82, 2.24) is 4.98 Å². The number of aromatic nitrogens is 1. The third kappa shape index (κ3) is 4.50. The van der Waals surface area contributed by atoms with Crippen molar-refractivity contribution in [3.8, 4) is 5.75 Å². The van der Waals surface area contributed by atoms with E-state index in [0.29, 0.717) is 12.2 Å². The van der Waals surface area contributed by atoms with Crippen LogP contribution in [0, 0.1) is 29.6 Å². The number of thioether (sulfide) groups is 1. The van der Waals surface area contributed by atoms with E-state index in [-0.39, 0.29) is 52.7 Å². The van der Waals surface area contributed by atoms with E-state index in [9.17, 15) is 32.3 Å². The fourth-order valence-electron chi connectivity index (χ4n) is 7.61. The molecule has 1 aromatic heterocycles. The van der Waals surface area contributed by atoms with E-state index >= 15 is 0 Å². The number of nitrogens with one attached hydrogen (secondary N) is 1. The zero-order valence-electron chi connectivity index (χ0n) is 22.6. The summed E-state index contributed by atoms with van der Waals surface area (Å²) in [5.41, 5.74) is -0.141. The second-order valence-corrected chi connectivity index (χ2v) is 13.4. The standard InChI is InChI=1S/C30H25F3N2O6S2/c1-2-40-19(36)12-41-16-8-3-5-13(9-16)20-21-17-11-18(24(21)42-26-25(20)43-29(39)34-26)23-22(17)27(37)35(28(23)38)15-7-4-6-14(10-15)30(31,32)33/h3-10,17-18,20-24H,2,11-12H2,1H3,(H,34,39)/t17?,18?,20-,21?,22?,23?,24?/m1/s1. The van der Waals surface area contributed by atoms with Crippen molar-refractivity contribution in [3.63, 3.8) is 0 Å². The van der Waals surface area contributed by atoms with Crippen LogP contribution in [0.4, 0.5) is 18.9 Å². The van der Waals surface area contributed by atoms with E-state index < -0.39 is 41.4 Å². The molecule has 3 fully saturated rings. The van der Waals surface area contributed by atoms with E-state index in [0.717, 1.165) is 43.8 Å². The van der Waals surface area contributed by atoms with Gasteiger partial charge in [0.25, 0.3) is 0 Å². The average molecular weight is 631 g/mol. The molecule has 7 atom stereocenters. The van der Waals surface area contributed by atoms with E-state index in [1.165, 1.54) is 23.9 Å². The van der Waals surface area contributed by atoms with Crippen molar-refractivity contribution in [2.45, 2.75) is 35.7 Å². The van der Waals surface area contributed by atoms with E-state index in [1.54, 1.807) is 19.1 Å². The third-order valence-electron chi connectivity index (χ3n) is 9.03. The lowest BCUT2D eigenvalue weighted by Crippen LogP contribution is -2.42. The van der Waals surface area contributed by atoms with Gasteiger partial charge in [-0.25, -0.2) is 4.79 Å². The molecule has 6 unspecified atom stereocenters. The zero-order chi connectivity index (χ0) is 30.2. The van der Waals surface area contributed by atoms with Crippen molar-refractivity contribution in [1.29, 1.82) is 0 Å². The quantitative estimate of drug-likeness (QED) is 0.299. The van der Waals surface area contributed by atoms with Crippen LogP contribution >= 0.6 is 23.1 Å². The van der Waals surface area contributed by atoms with Crippen LogP contribution in [0.2, 0.25) is 0 Å². The summed E-state index contributed by atoms with van der Waals surface area (Å²) in [7, 11) is 0. The molecule has 0 radical (unpaired) electrons. The van der Waals surface area contributed by atoms with Gasteiger partial charge in [-0.15, -0.1) is 11.8 Å². The number of halogens is 3. The lowest BCUT2D eigenvalue weighted by Gasteiger charge is -2.43. The molecule has 2 aromatic carbocycles. The lowest BCUT2D eigenvalue weighted by atomic mass is 9.68. The molecule has 2 aliphatic carbocycles. The van der Waals surface area contributed by atoms with Crippen molar-refractivity contribution in [2.24, 2.45) is 29.6 Å². The Labute approximate surface area is 251 Å². The second-order valence-electron chi connectivity index (χ2n) is 11.2. The molecule has 13 heteroatoms. The van der Waals surface area contributed by atoms with Gasteiger partial charge in [0, 0.05) is 16.0 Å². The molecule has 3 aromatic rings. The number of ether oxygens (including phenoxy) is 2. The zero-order valence-corrected chi connectivity index (χ0v) is 24.3. The van der Waals surface area contributed by atoms with Crippen LogP contribution in [0.25, 0.3) is 0 Å². The minimum atomic E-state index is -4.61. The number of aromatic amines is 1. The van der Waals surface area contributed by atoms with Gasteiger partial charge >= 0.3 is 17.0 Å². The van der Waals surface area contributed by atoms with Crippen LogP contribution in [-0.2, 0) is 25.3 Å². The molecule has 3 heterocycles. The minimum absolute atomic E-state index is 0.0688. The summed E-state index contributed by atoms with van der Waals surface area (Å²) in [6.45, 7) is 1.68. The van der Waals surface area contributed by atoms with Gasteiger partial charge in [0.15, 0.2) is 6.61 Å². The first-order valence-electron chi connectivity index (χ1n) is 13.9. The molecule has 2 bridgehead atoms. The number of rotatable bonds is 6. The summed E-state index contributed by atoms with van der Waals surface area (Å²) < 4.78 is 51.0. The normalized spacial score (nSPS) is 28.9. The van der Waals surface area contributed by atoms with E-state index in [2.05, 4.69) is 4.98 Å². The average Bonchev–Trinajstić information content (AvgIpc) is 3.70. The van der Waals surface area contributed by atoms with Crippen molar-refractivity contribution < 1.29 is 37.0 Å². The van der Waals surface area contributed by atoms with Crippen LogP contribution in [0.1, 0.15) is 35.3 Å². The molecule has 1 saturated heterocycles. The van der Waals surface area contributed by atoms with Gasteiger partial charge in [0.1, 0.15) is 5.75 Å². The molecule has 1 N–H and O–H groups in total. The second kappa shape index (κ2) is 10.3. The molecular formula is C30H25F3N2O6S2. The Kier molecular flexibility index (Phi) is 6.73. The Balaban J connectivity index is 1.24. The molecule has 2 aliphatic heterocycles. The van der Waals surface area contributed by atoms with Gasteiger partial charge in [-0.3, -0.25) is 19.3 Å². The van der Waals surface area contributed by atoms with Gasteiger partial charge in [-0.1, -0.05) is 29.5 Å². The summed E-state index contributed by atoms with van der Waals surface area (Å²) in [4.78, 5) is 56.5. The fraction of sp³-hybridized carbons (Fsp3) is 0.400. The highest BCUT2D eigenvalue weighted by molar-refractivity contribution is 8.00. The summed E-state index contributed by atoms with van der Waals surface area (Å²) in [5.74, 6) is -3.04. The molecule has 7 rings (SSSR count). The molecule has 2 amide bonds. The summed E-state index contributed by atoms with van der Waals surface area (Å²) in [6.07, 6.45) is -3.97. The number of nitrogens with zero attached hydrogens (tertiary/aromatic N) is 1. The van der Waals surface area contributed by atoms with Crippen LogP contribution in [0.5, 0.6) is 5.75 Å². The highest BCUT2D eigenvalue weighted by Gasteiger charge is 2.69. The predicted molar refractivity (Wildman–Crippen MR) is 151 cm³/mol. The Morgan fingerprint density at radius 2 is 1.79 bits per heavy atom. The number of fused-ring (bicyclic) bond motifs is 9. The minimum Gasteiger partial charge on any atom is -0.482 e. The lowest BCUT2D eigenvalue weighted by molar-refractivity contribution is -0.145. The van der Waals surface area contributed by atoms with Crippen LogP contribution in [-0.4, -0.2) is 41.2 Å². The molecule has 0 spiro atoms. The molecular weight excluding hydrogens is 605 g/mol. The number of benzene rings is 2. The first-order valence-corrected chi connectivity index (χ1v) is 15.6. The first-order chi connectivity index (χ1) is 20.6. The smallest absolute Gasteiger partial charge is 0.416 e. The summed E-state index contributed by atoms with van der Waals surface area (Å²) >= 11 is 2.63. The van der Waals surface area contributed by atoms with Crippen molar-refractivity contribution in [2.75, 3.05) is 18.1 Å². The SMILES string of the molecule is CCOC(=O)COc1cccc([C@H]2c3sc(=O)[nH]c3SC3C4CC(C5C(=O)N(c6cccc(C(F)(F)F)c6)C(=O)C45)C32)c1. The molecule has 224 valence electrons. The Bertz CT molecular complexity index is 1700. The Hall–Kier alpha value is -3.58. The number of carbonyl (C=O) groups is 3. The number of hydrogen-bond acceptors (Lipinski definition) is 8. The van der Waals surface area contributed by atoms with E-state index in [4.69, 9.17) is 9.47 Å². The maximum absolute atomic E-state index is 13.9. The number of imide groups is 1. The Morgan fingerprint density at radius 1 is 1.05 bits per heavy atom. The van der Waals surface area contributed by atoms with Gasteiger partial charge in [0.2, 0.25) is 11.8 Å². The Morgan fingerprint density at radius 3 is 2.53 bits per heavy atom. The topological polar surface area (TPSA) is 106 Å². The first kappa shape index (κ1) is 28.2. The van der Waals surface area contributed by atoms with Crippen molar-refractivity contribution in [3.05, 3.63) is 74.2 Å². The highest BCUT2D eigenvalue weighted by Crippen LogP contribution is 2.68. The molecule has 8 nitrogen and oxygen atoms in total. The summed E-state index contributed by atoms with van der Waals surface area (Å²) in [6, 6.07) is 11.6. The van der Waals surface area contributed by atoms with Crippen LogP contribution in [0.15, 0.2) is 58.4 Å². The van der Waals surface area contributed by atoms with E-state index in [1.807, 2.05) is 12.1 Å². The summed E-state index contributed by atoms with van der Waals surface area (Å²) in [5, 5.41) is 0.644. The number of alkyl halides is 3. The molecule has 43 heavy (non-hydrogen) atoms. The molecule has 2 saturated carbocycles. The van der Waals surface area contributed by atoms with Crippen LogP contribution in [0.3, 0.4) is 0 Å². The number of anilines is 1. The van der Waals surface area contributed by atoms with Gasteiger partial charge < -0.3 is 14.5 Å². The number of H-pyrrole nitrogens is 1. The fourth-order valence-corrected chi connectivity index (χ4v) is 10.5. The van der Waals surface area contributed by atoms with Gasteiger partial charge in [-0.2, -0.15) is 13.2 Å². The maximum Gasteiger partial charge on any atom is 0.416 e. The molecule has 4 aliphatic rings. The number of amides is 2. The number of thiazole rings is 1. The van der Waals surface area contributed by atoms with Gasteiger partial charge in [-0.05, 0) is 67.0 Å².